The van der Waals surface area contributed by atoms with E-state index in [9.17, 15) is 5.11 Å². The molecule has 2 atom stereocenters. The molecule has 18 heavy (non-hydrogen) atoms. The first-order chi connectivity index (χ1) is 8.38. The number of aryl methyl sites for hydroxylation is 1. The molecule has 0 bridgehead atoms. The fourth-order valence-corrected chi connectivity index (χ4v) is 2.55. The smallest absolute Gasteiger partial charge is 0.124 e. The van der Waals surface area contributed by atoms with Gasteiger partial charge in [0.05, 0.1) is 6.10 Å². The molecule has 0 spiro atoms. The number of rotatable bonds is 2. The monoisotopic (exact) mass is 248 g/mol. The van der Waals surface area contributed by atoms with E-state index in [0.29, 0.717) is 0 Å². The molecule has 2 nitrogen and oxygen atoms in total. The predicted octanol–water partition coefficient (Wildman–Crippen LogP) is 3.58. The Hall–Kier alpha value is -1.02. The molecule has 1 aliphatic carbocycles. The minimum atomic E-state index is -0.307. The van der Waals surface area contributed by atoms with Crippen LogP contribution in [0.3, 0.4) is 0 Å². The summed E-state index contributed by atoms with van der Waals surface area (Å²) in [6.45, 7) is 8.64. The fourth-order valence-electron chi connectivity index (χ4n) is 2.55. The topological polar surface area (TPSA) is 29.5 Å². The number of aliphatic hydroxyl groups excluding tert-OH is 1. The maximum atomic E-state index is 9.89. The van der Waals surface area contributed by atoms with Crippen molar-refractivity contribution < 1.29 is 9.84 Å². The minimum Gasteiger partial charge on any atom is -0.487 e. The maximum Gasteiger partial charge on any atom is 0.124 e. The first kappa shape index (κ1) is 13.4. The zero-order chi connectivity index (χ0) is 13.3. The molecule has 1 N–H and O–H groups in total. The lowest BCUT2D eigenvalue weighted by Crippen LogP contribution is -2.27. The van der Waals surface area contributed by atoms with Crippen molar-refractivity contribution in [2.45, 2.75) is 64.6 Å². The summed E-state index contributed by atoms with van der Waals surface area (Å²) in [5.74, 6) is 0.938. The van der Waals surface area contributed by atoms with Crippen molar-refractivity contribution in [2.75, 3.05) is 0 Å². The van der Waals surface area contributed by atoms with Gasteiger partial charge in [-0.05, 0) is 48.8 Å². The molecule has 2 heteroatoms. The summed E-state index contributed by atoms with van der Waals surface area (Å²) in [6.07, 6.45) is 2.54. The number of aliphatic hydroxyl groups is 1. The van der Waals surface area contributed by atoms with Crippen molar-refractivity contribution in [1.29, 1.82) is 0 Å². The lowest BCUT2D eigenvalue weighted by molar-refractivity contribution is 0.0591. The van der Waals surface area contributed by atoms with Gasteiger partial charge in [-0.1, -0.05) is 32.9 Å². The second-order valence-electron chi connectivity index (χ2n) is 6.40. The van der Waals surface area contributed by atoms with Gasteiger partial charge in [0, 0.05) is 0 Å². The Morgan fingerprint density at radius 2 is 1.94 bits per heavy atom. The molecule has 0 aliphatic heterocycles. The van der Waals surface area contributed by atoms with Gasteiger partial charge in [-0.3, -0.25) is 0 Å². The zero-order valence-electron chi connectivity index (χ0n) is 11.9. The third-order valence-electron chi connectivity index (χ3n) is 3.64. The third kappa shape index (κ3) is 2.86. The van der Waals surface area contributed by atoms with E-state index in [4.69, 9.17) is 4.74 Å². The van der Waals surface area contributed by atoms with E-state index in [1.807, 2.05) is 0 Å². The average molecular weight is 248 g/mol. The molecule has 0 heterocycles. The highest BCUT2D eigenvalue weighted by Gasteiger charge is 2.29. The van der Waals surface area contributed by atoms with Crippen molar-refractivity contribution in [3.8, 4) is 5.75 Å². The quantitative estimate of drug-likeness (QED) is 0.866. The summed E-state index contributed by atoms with van der Waals surface area (Å²) in [7, 11) is 0. The van der Waals surface area contributed by atoms with Crippen LogP contribution in [0.4, 0.5) is 0 Å². The van der Waals surface area contributed by atoms with E-state index in [1.165, 1.54) is 11.1 Å². The Balaban J connectivity index is 2.28. The molecule has 0 unspecified atom stereocenters. The highest BCUT2D eigenvalue weighted by atomic mass is 16.5. The summed E-state index contributed by atoms with van der Waals surface area (Å²) in [6, 6.07) is 6.36. The zero-order valence-corrected chi connectivity index (χ0v) is 11.9. The van der Waals surface area contributed by atoms with Crippen molar-refractivity contribution in [2.24, 2.45) is 0 Å². The molecule has 1 saturated carbocycles. The molecule has 2 rings (SSSR count). The van der Waals surface area contributed by atoms with Crippen LogP contribution >= 0.6 is 0 Å². The van der Waals surface area contributed by atoms with Crippen LogP contribution in [0.1, 0.15) is 51.2 Å². The Labute approximate surface area is 110 Å². The second kappa shape index (κ2) is 4.93. The van der Waals surface area contributed by atoms with Crippen molar-refractivity contribution in [1.82, 2.24) is 0 Å². The Kier molecular flexibility index (Phi) is 3.67. The molecular weight excluding hydrogens is 224 g/mol. The van der Waals surface area contributed by atoms with E-state index < -0.39 is 0 Å². The van der Waals surface area contributed by atoms with Crippen LogP contribution in [0, 0.1) is 6.92 Å². The third-order valence-corrected chi connectivity index (χ3v) is 3.64. The van der Waals surface area contributed by atoms with Crippen molar-refractivity contribution in [3.05, 3.63) is 29.3 Å². The van der Waals surface area contributed by atoms with Gasteiger partial charge in [-0.2, -0.15) is 0 Å². The minimum absolute atomic E-state index is 0.0344. The number of ether oxygens (including phenoxy) is 1. The van der Waals surface area contributed by atoms with Crippen LogP contribution in [0.15, 0.2) is 18.2 Å². The average Bonchev–Trinajstić information content (AvgIpc) is 2.62. The van der Waals surface area contributed by atoms with Crippen LogP contribution in [0.25, 0.3) is 0 Å². The second-order valence-corrected chi connectivity index (χ2v) is 6.40. The van der Waals surface area contributed by atoms with Gasteiger partial charge < -0.3 is 9.84 Å². The standard InChI is InChI=1S/C16H24O2/c1-11-8-9-12(16(2,3)4)15(10-11)18-14-7-5-6-13(14)17/h8-10,13-14,17H,5-7H2,1-4H3/t13-,14-/m0/s1. The van der Waals surface area contributed by atoms with Gasteiger partial charge in [0.25, 0.3) is 0 Å². The van der Waals surface area contributed by atoms with Gasteiger partial charge in [-0.25, -0.2) is 0 Å². The highest BCUT2D eigenvalue weighted by molar-refractivity contribution is 5.41. The molecule has 100 valence electrons. The van der Waals surface area contributed by atoms with Crippen molar-refractivity contribution in [3.63, 3.8) is 0 Å². The molecular formula is C16H24O2. The summed E-state index contributed by atoms with van der Waals surface area (Å²) in [5, 5.41) is 9.89. The van der Waals surface area contributed by atoms with Gasteiger partial charge in [-0.15, -0.1) is 0 Å². The first-order valence-corrected chi connectivity index (χ1v) is 6.84. The molecule has 1 aromatic rings. The van der Waals surface area contributed by atoms with Crippen LogP contribution in [0.5, 0.6) is 5.75 Å². The van der Waals surface area contributed by atoms with Gasteiger partial charge in [0.15, 0.2) is 0 Å². The molecule has 1 aliphatic rings. The van der Waals surface area contributed by atoms with Crippen LogP contribution in [-0.4, -0.2) is 17.3 Å². The molecule has 0 aromatic heterocycles. The van der Waals surface area contributed by atoms with E-state index >= 15 is 0 Å². The van der Waals surface area contributed by atoms with Crippen LogP contribution in [0.2, 0.25) is 0 Å². The molecule has 0 saturated heterocycles. The number of hydrogen-bond donors (Lipinski definition) is 1. The molecule has 1 fully saturated rings. The molecule has 0 radical (unpaired) electrons. The SMILES string of the molecule is Cc1ccc(C(C)(C)C)c(O[C@H]2CCC[C@@H]2O)c1. The first-order valence-electron chi connectivity index (χ1n) is 6.84. The van der Waals surface area contributed by atoms with Crippen LogP contribution in [-0.2, 0) is 5.41 Å². The summed E-state index contributed by atoms with van der Waals surface area (Å²) < 4.78 is 6.08. The van der Waals surface area contributed by atoms with E-state index in [-0.39, 0.29) is 17.6 Å². The normalized spacial score (nSPS) is 24.3. The fraction of sp³-hybridized carbons (Fsp3) is 0.625. The molecule has 1 aromatic carbocycles. The largest absolute Gasteiger partial charge is 0.487 e. The van der Waals surface area contributed by atoms with Gasteiger partial charge in [0.2, 0.25) is 0 Å². The Morgan fingerprint density at radius 1 is 1.22 bits per heavy atom. The van der Waals surface area contributed by atoms with E-state index in [0.717, 1.165) is 25.0 Å². The van der Waals surface area contributed by atoms with Crippen LogP contribution < -0.4 is 4.74 Å². The Bertz CT molecular complexity index is 418. The van der Waals surface area contributed by atoms with E-state index in [1.54, 1.807) is 0 Å². The predicted molar refractivity (Wildman–Crippen MR) is 74.2 cm³/mol. The number of benzene rings is 1. The van der Waals surface area contributed by atoms with Gasteiger partial charge in [0.1, 0.15) is 11.9 Å². The summed E-state index contributed by atoms with van der Waals surface area (Å²) >= 11 is 0. The molecule has 0 amide bonds. The summed E-state index contributed by atoms with van der Waals surface area (Å²) in [5.41, 5.74) is 2.48. The number of hydrogen-bond acceptors (Lipinski definition) is 2. The summed E-state index contributed by atoms with van der Waals surface area (Å²) in [4.78, 5) is 0. The highest BCUT2D eigenvalue weighted by Crippen LogP contribution is 2.34. The Morgan fingerprint density at radius 3 is 2.50 bits per heavy atom. The van der Waals surface area contributed by atoms with Gasteiger partial charge >= 0.3 is 0 Å². The van der Waals surface area contributed by atoms with E-state index in [2.05, 4.69) is 45.9 Å². The maximum absolute atomic E-state index is 9.89. The van der Waals surface area contributed by atoms with Crippen molar-refractivity contribution >= 4 is 0 Å². The lowest BCUT2D eigenvalue weighted by Gasteiger charge is -2.26. The lowest BCUT2D eigenvalue weighted by atomic mass is 9.86.